The number of hydrogen-bond acceptors (Lipinski definition) is 3. The van der Waals surface area contributed by atoms with Crippen LogP contribution in [-0.2, 0) is 9.53 Å². The second-order valence-corrected chi connectivity index (χ2v) is 3.02. The van der Waals surface area contributed by atoms with E-state index in [1.54, 1.807) is 0 Å². The second kappa shape index (κ2) is 6.62. The van der Waals surface area contributed by atoms with Crippen LogP contribution in [0.15, 0.2) is 0 Å². The van der Waals surface area contributed by atoms with E-state index < -0.39 is 31.0 Å². The van der Waals surface area contributed by atoms with Crippen molar-refractivity contribution in [2.45, 2.75) is 25.1 Å². The quantitative estimate of drug-likeness (QED) is 0.695. The van der Waals surface area contributed by atoms with Gasteiger partial charge < -0.3 is 15.2 Å². The number of carbonyl (C=O) groups excluding carboxylic acids is 1. The van der Waals surface area contributed by atoms with Crippen LogP contribution in [0.2, 0.25) is 0 Å². The minimum Gasteiger partial charge on any atom is -0.394 e. The zero-order chi connectivity index (χ0) is 11.9. The molecule has 0 radical (unpaired) electrons. The minimum absolute atomic E-state index is 0.0637. The molecule has 4 nitrogen and oxygen atoms in total. The Morgan fingerprint density at radius 3 is 2.53 bits per heavy atom. The minimum atomic E-state index is -4.34. The summed E-state index contributed by atoms with van der Waals surface area (Å²) in [6, 6.07) is -0.657. The van der Waals surface area contributed by atoms with Gasteiger partial charge in [-0.1, -0.05) is 0 Å². The Morgan fingerprint density at radius 2 is 2.13 bits per heavy atom. The van der Waals surface area contributed by atoms with Crippen molar-refractivity contribution in [2.24, 2.45) is 0 Å². The van der Waals surface area contributed by atoms with E-state index in [-0.39, 0.29) is 13.2 Å². The maximum atomic E-state index is 11.7. The normalized spacial score (nSPS) is 13.7. The number of rotatable bonds is 6. The van der Waals surface area contributed by atoms with Crippen LogP contribution in [0.25, 0.3) is 0 Å². The monoisotopic (exact) mass is 229 g/mol. The first kappa shape index (κ1) is 14.2. The molecule has 0 aromatic rings. The van der Waals surface area contributed by atoms with E-state index in [9.17, 15) is 18.0 Å². The molecule has 90 valence electrons. The first-order chi connectivity index (χ1) is 6.89. The van der Waals surface area contributed by atoms with Gasteiger partial charge in [-0.2, -0.15) is 13.2 Å². The lowest BCUT2D eigenvalue weighted by Gasteiger charge is -2.15. The summed E-state index contributed by atoms with van der Waals surface area (Å²) in [5, 5.41) is 10.9. The van der Waals surface area contributed by atoms with Gasteiger partial charge in [0.15, 0.2) is 0 Å². The smallest absolute Gasteiger partial charge is 0.389 e. The van der Waals surface area contributed by atoms with Gasteiger partial charge in [-0.25, -0.2) is 0 Å². The molecule has 1 atom stereocenters. The van der Waals surface area contributed by atoms with Gasteiger partial charge in [-0.05, 0) is 0 Å². The maximum Gasteiger partial charge on any atom is 0.389 e. The highest BCUT2D eigenvalue weighted by Gasteiger charge is 2.28. The third-order valence-electron chi connectivity index (χ3n) is 1.59. The molecule has 0 spiro atoms. The topological polar surface area (TPSA) is 58.6 Å². The lowest BCUT2D eigenvalue weighted by Crippen LogP contribution is -2.40. The Bertz CT molecular complexity index is 196. The summed E-state index contributed by atoms with van der Waals surface area (Å²) in [7, 11) is 1.37. The standard InChI is InChI=1S/C8H14F3NO3/c1-15-5-6(4-13)12-7(14)2-3-8(9,10)11/h6,13H,2-5H2,1H3,(H,12,14). The van der Waals surface area contributed by atoms with Gasteiger partial charge >= 0.3 is 6.18 Å². The van der Waals surface area contributed by atoms with Crippen LogP contribution >= 0.6 is 0 Å². The highest BCUT2D eigenvalue weighted by Crippen LogP contribution is 2.20. The Labute approximate surface area is 85.4 Å². The molecule has 0 heterocycles. The average molecular weight is 229 g/mol. The van der Waals surface area contributed by atoms with Crippen LogP contribution < -0.4 is 5.32 Å². The molecule has 7 heteroatoms. The molecule has 0 bridgehead atoms. The van der Waals surface area contributed by atoms with E-state index in [1.165, 1.54) is 7.11 Å². The lowest BCUT2D eigenvalue weighted by atomic mass is 10.2. The van der Waals surface area contributed by atoms with Gasteiger partial charge in [0.25, 0.3) is 0 Å². The van der Waals surface area contributed by atoms with Crippen molar-refractivity contribution in [1.82, 2.24) is 5.32 Å². The number of aliphatic hydroxyl groups excluding tert-OH is 1. The molecule has 0 aliphatic rings. The van der Waals surface area contributed by atoms with Crippen molar-refractivity contribution >= 4 is 5.91 Å². The average Bonchev–Trinajstić information content (AvgIpc) is 2.13. The number of methoxy groups -OCH3 is 1. The predicted molar refractivity (Wildman–Crippen MR) is 46.2 cm³/mol. The summed E-state index contributed by atoms with van der Waals surface area (Å²) >= 11 is 0. The Hall–Kier alpha value is -0.820. The Kier molecular flexibility index (Phi) is 6.26. The number of aliphatic hydroxyl groups is 1. The van der Waals surface area contributed by atoms with E-state index in [4.69, 9.17) is 5.11 Å². The van der Waals surface area contributed by atoms with Crippen molar-refractivity contribution in [2.75, 3.05) is 20.3 Å². The number of amides is 1. The number of nitrogens with one attached hydrogen (secondary N) is 1. The van der Waals surface area contributed by atoms with Crippen molar-refractivity contribution < 1.29 is 27.8 Å². The molecule has 0 aromatic carbocycles. The van der Waals surface area contributed by atoms with Gasteiger partial charge in [-0.3, -0.25) is 4.79 Å². The summed E-state index contributed by atoms with van der Waals surface area (Å²) in [6.07, 6.45) is -6.14. The third-order valence-corrected chi connectivity index (χ3v) is 1.59. The second-order valence-electron chi connectivity index (χ2n) is 3.02. The van der Waals surface area contributed by atoms with Crippen molar-refractivity contribution in [3.05, 3.63) is 0 Å². The van der Waals surface area contributed by atoms with Crippen LogP contribution in [0.3, 0.4) is 0 Å². The number of carbonyl (C=O) groups is 1. The molecule has 1 unspecified atom stereocenters. The van der Waals surface area contributed by atoms with Gasteiger partial charge in [0.2, 0.25) is 5.91 Å². The van der Waals surface area contributed by atoms with E-state index in [2.05, 4.69) is 10.1 Å². The molecule has 2 N–H and O–H groups in total. The predicted octanol–water partition coefficient (Wildman–Crippen LogP) is 0.452. The largest absolute Gasteiger partial charge is 0.394 e. The number of hydrogen-bond donors (Lipinski definition) is 2. The van der Waals surface area contributed by atoms with Crippen molar-refractivity contribution in [3.8, 4) is 0 Å². The lowest BCUT2D eigenvalue weighted by molar-refractivity contribution is -0.144. The fourth-order valence-electron chi connectivity index (χ4n) is 0.896. The van der Waals surface area contributed by atoms with Gasteiger partial charge in [0.05, 0.1) is 25.7 Å². The first-order valence-corrected chi connectivity index (χ1v) is 4.35. The summed E-state index contributed by atoms with van der Waals surface area (Å²) in [5.74, 6) is -0.747. The molecule has 0 fully saturated rings. The molecular formula is C8H14F3NO3. The van der Waals surface area contributed by atoms with Crippen molar-refractivity contribution in [1.29, 1.82) is 0 Å². The van der Waals surface area contributed by atoms with Gasteiger partial charge in [0, 0.05) is 13.5 Å². The zero-order valence-corrected chi connectivity index (χ0v) is 8.30. The third kappa shape index (κ3) is 8.19. The molecule has 0 saturated carbocycles. The Balaban J connectivity index is 3.81. The van der Waals surface area contributed by atoms with E-state index in [1.807, 2.05) is 0 Å². The molecule has 0 aliphatic carbocycles. The van der Waals surface area contributed by atoms with E-state index in [0.29, 0.717) is 0 Å². The molecule has 1 amide bonds. The highest BCUT2D eigenvalue weighted by molar-refractivity contribution is 5.76. The molecule has 15 heavy (non-hydrogen) atoms. The summed E-state index contributed by atoms with van der Waals surface area (Å²) < 4.78 is 39.8. The number of ether oxygens (including phenoxy) is 1. The maximum absolute atomic E-state index is 11.7. The summed E-state index contributed by atoms with van der Waals surface area (Å²) in [4.78, 5) is 11.0. The van der Waals surface area contributed by atoms with Crippen LogP contribution in [0.4, 0.5) is 13.2 Å². The van der Waals surface area contributed by atoms with Crippen LogP contribution in [0.5, 0.6) is 0 Å². The number of halogens is 3. The molecule has 0 rings (SSSR count). The highest BCUT2D eigenvalue weighted by atomic mass is 19.4. The summed E-state index contributed by atoms with van der Waals surface area (Å²) in [5.41, 5.74) is 0. The van der Waals surface area contributed by atoms with E-state index in [0.717, 1.165) is 0 Å². The van der Waals surface area contributed by atoms with Crippen LogP contribution in [0, 0.1) is 0 Å². The molecule has 0 aliphatic heterocycles. The van der Waals surface area contributed by atoms with E-state index >= 15 is 0 Å². The van der Waals surface area contributed by atoms with Crippen molar-refractivity contribution in [3.63, 3.8) is 0 Å². The fraction of sp³-hybridized carbons (Fsp3) is 0.875. The zero-order valence-electron chi connectivity index (χ0n) is 8.30. The number of alkyl halides is 3. The van der Waals surface area contributed by atoms with Crippen LogP contribution in [0.1, 0.15) is 12.8 Å². The summed E-state index contributed by atoms with van der Waals surface area (Å²) in [6.45, 7) is -0.306. The van der Waals surface area contributed by atoms with Gasteiger partial charge in [0.1, 0.15) is 0 Å². The molecule has 0 saturated heterocycles. The molecule has 0 aromatic heterocycles. The Morgan fingerprint density at radius 1 is 1.53 bits per heavy atom. The van der Waals surface area contributed by atoms with Crippen LogP contribution in [-0.4, -0.2) is 43.6 Å². The first-order valence-electron chi connectivity index (χ1n) is 4.35. The van der Waals surface area contributed by atoms with Gasteiger partial charge in [-0.15, -0.1) is 0 Å². The fourth-order valence-corrected chi connectivity index (χ4v) is 0.896. The molecular weight excluding hydrogens is 215 g/mol. The SMILES string of the molecule is COCC(CO)NC(=O)CCC(F)(F)F.